The van der Waals surface area contributed by atoms with Gasteiger partial charge in [-0.15, -0.1) is 0 Å². The lowest BCUT2D eigenvalue weighted by atomic mass is 9.93. The number of rotatable bonds is 3. The lowest BCUT2D eigenvalue weighted by molar-refractivity contribution is -0.135. The van der Waals surface area contributed by atoms with Gasteiger partial charge in [-0.1, -0.05) is 33.1 Å². The van der Waals surface area contributed by atoms with Crippen LogP contribution in [0.2, 0.25) is 0 Å². The van der Waals surface area contributed by atoms with E-state index in [-0.39, 0.29) is 17.9 Å². The average molecular weight is 298 g/mol. The normalized spacial score (nSPS) is 18.4. The topological polar surface area (TPSA) is 72.6 Å². The first kappa shape index (κ1) is 18.0. The molecular formula is C16H30N2O3. The SMILES string of the molecule is CC(C)C(N)C(=O)N(C(=O)OC(C)(C)C)C1CCCCC1. The average Bonchev–Trinajstić information content (AvgIpc) is 2.36. The van der Waals surface area contributed by atoms with Gasteiger partial charge >= 0.3 is 6.09 Å². The van der Waals surface area contributed by atoms with Crippen LogP contribution in [0, 0.1) is 5.92 Å². The predicted octanol–water partition coefficient (Wildman–Crippen LogP) is 3.07. The Bertz CT molecular complexity index is 368. The van der Waals surface area contributed by atoms with Crippen LogP contribution >= 0.6 is 0 Å². The summed E-state index contributed by atoms with van der Waals surface area (Å²) < 4.78 is 5.41. The van der Waals surface area contributed by atoms with Crippen LogP contribution in [-0.4, -0.2) is 34.6 Å². The molecule has 1 aliphatic rings. The van der Waals surface area contributed by atoms with Crippen molar-refractivity contribution < 1.29 is 14.3 Å². The molecule has 1 aliphatic carbocycles. The number of hydrogen-bond acceptors (Lipinski definition) is 4. The number of imide groups is 1. The molecule has 1 saturated carbocycles. The number of carbonyl (C=O) groups excluding carboxylic acids is 2. The highest BCUT2D eigenvalue weighted by molar-refractivity contribution is 5.95. The molecule has 122 valence electrons. The molecule has 0 aromatic heterocycles. The molecule has 1 rings (SSSR count). The van der Waals surface area contributed by atoms with E-state index in [0.717, 1.165) is 32.1 Å². The molecule has 2 N–H and O–H groups in total. The summed E-state index contributed by atoms with van der Waals surface area (Å²) in [6, 6.07) is -0.745. The molecule has 0 aromatic carbocycles. The molecule has 1 unspecified atom stereocenters. The second kappa shape index (κ2) is 7.25. The van der Waals surface area contributed by atoms with E-state index < -0.39 is 17.7 Å². The summed E-state index contributed by atoms with van der Waals surface area (Å²) in [7, 11) is 0. The standard InChI is InChI=1S/C16H30N2O3/c1-11(2)13(17)14(19)18(12-9-7-6-8-10-12)15(20)21-16(3,4)5/h11-13H,6-10,17H2,1-5H3. The van der Waals surface area contributed by atoms with Crippen LogP contribution in [0.25, 0.3) is 0 Å². The van der Waals surface area contributed by atoms with E-state index in [9.17, 15) is 9.59 Å². The fourth-order valence-corrected chi connectivity index (χ4v) is 2.52. The van der Waals surface area contributed by atoms with Crippen LogP contribution in [-0.2, 0) is 9.53 Å². The minimum atomic E-state index is -0.667. The third kappa shape index (κ3) is 5.30. The van der Waals surface area contributed by atoms with E-state index >= 15 is 0 Å². The van der Waals surface area contributed by atoms with E-state index in [1.54, 1.807) is 20.8 Å². The number of carbonyl (C=O) groups is 2. The maximum Gasteiger partial charge on any atom is 0.417 e. The molecular weight excluding hydrogens is 268 g/mol. The van der Waals surface area contributed by atoms with Crippen LogP contribution in [0.5, 0.6) is 0 Å². The Balaban J connectivity index is 2.93. The summed E-state index contributed by atoms with van der Waals surface area (Å²) in [6.45, 7) is 9.18. The zero-order chi connectivity index (χ0) is 16.2. The molecule has 0 radical (unpaired) electrons. The van der Waals surface area contributed by atoms with Gasteiger partial charge in [0.05, 0.1) is 6.04 Å². The number of ether oxygens (including phenoxy) is 1. The Morgan fingerprint density at radius 1 is 1.14 bits per heavy atom. The van der Waals surface area contributed by atoms with Gasteiger partial charge < -0.3 is 10.5 Å². The van der Waals surface area contributed by atoms with Crippen LogP contribution in [0.15, 0.2) is 0 Å². The van der Waals surface area contributed by atoms with Crippen molar-refractivity contribution in [1.29, 1.82) is 0 Å². The van der Waals surface area contributed by atoms with Gasteiger partial charge in [-0.3, -0.25) is 4.79 Å². The molecule has 21 heavy (non-hydrogen) atoms. The first-order valence-electron chi connectivity index (χ1n) is 7.95. The van der Waals surface area contributed by atoms with Crippen molar-refractivity contribution in [3.05, 3.63) is 0 Å². The van der Waals surface area contributed by atoms with Gasteiger partial charge in [0, 0.05) is 6.04 Å². The molecule has 0 heterocycles. The van der Waals surface area contributed by atoms with Crippen molar-refractivity contribution in [1.82, 2.24) is 4.90 Å². The molecule has 1 fully saturated rings. The summed E-state index contributed by atoms with van der Waals surface area (Å²) in [5.41, 5.74) is 5.35. The molecule has 0 saturated heterocycles. The largest absolute Gasteiger partial charge is 0.443 e. The van der Waals surface area contributed by atoms with E-state index in [1.807, 2.05) is 13.8 Å². The van der Waals surface area contributed by atoms with Gasteiger partial charge in [0.2, 0.25) is 5.91 Å². The molecule has 0 bridgehead atoms. The predicted molar refractivity (Wildman–Crippen MR) is 82.8 cm³/mol. The molecule has 0 aromatic rings. The number of hydrogen-bond donors (Lipinski definition) is 1. The van der Waals surface area contributed by atoms with E-state index in [1.165, 1.54) is 4.90 Å². The summed E-state index contributed by atoms with van der Waals surface area (Å²) in [6.07, 6.45) is 4.35. The van der Waals surface area contributed by atoms with Gasteiger partial charge in [0.1, 0.15) is 5.60 Å². The monoisotopic (exact) mass is 298 g/mol. The number of amides is 2. The van der Waals surface area contributed by atoms with Crippen molar-refractivity contribution in [3.63, 3.8) is 0 Å². The quantitative estimate of drug-likeness (QED) is 0.869. The van der Waals surface area contributed by atoms with Gasteiger partial charge in [-0.05, 0) is 39.5 Å². The summed E-state index contributed by atoms with van der Waals surface area (Å²) in [5, 5.41) is 0. The van der Waals surface area contributed by atoms with Crippen molar-refractivity contribution in [2.45, 2.75) is 84.4 Å². The second-order valence-electron chi connectivity index (χ2n) is 7.25. The maximum atomic E-state index is 12.6. The zero-order valence-corrected chi connectivity index (χ0v) is 14.0. The highest BCUT2D eigenvalue weighted by Crippen LogP contribution is 2.25. The fraction of sp³-hybridized carbons (Fsp3) is 0.875. The smallest absolute Gasteiger partial charge is 0.417 e. The van der Waals surface area contributed by atoms with Crippen LogP contribution in [0.4, 0.5) is 4.79 Å². The van der Waals surface area contributed by atoms with E-state index in [4.69, 9.17) is 10.5 Å². The van der Waals surface area contributed by atoms with Crippen molar-refractivity contribution in [2.75, 3.05) is 0 Å². The van der Waals surface area contributed by atoms with Crippen molar-refractivity contribution in [2.24, 2.45) is 11.7 Å². The Hall–Kier alpha value is -1.10. The molecule has 5 heteroatoms. The summed E-state index contributed by atoms with van der Waals surface area (Å²) >= 11 is 0. The maximum absolute atomic E-state index is 12.6. The zero-order valence-electron chi connectivity index (χ0n) is 14.0. The number of nitrogens with two attached hydrogens (primary N) is 1. The van der Waals surface area contributed by atoms with E-state index in [2.05, 4.69) is 0 Å². The molecule has 1 atom stereocenters. The second-order valence-corrected chi connectivity index (χ2v) is 7.25. The Morgan fingerprint density at radius 3 is 2.10 bits per heavy atom. The first-order valence-corrected chi connectivity index (χ1v) is 7.95. The van der Waals surface area contributed by atoms with Gasteiger partial charge in [-0.2, -0.15) is 0 Å². The molecule has 5 nitrogen and oxygen atoms in total. The van der Waals surface area contributed by atoms with Gasteiger partial charge in [0.15, 0.2) is 0 Å². The highest BCUT2D eigenvalue weighted by atomic mass is 16.6. The Labute approximate surface area is 128 Å². The molecule has 2 amide bonds. The minimum absolute atomic E-state index is 0.00831. The Kier molecular flexibility index (Phi) is 6.20. The third-order valence-corrected chi connectivity index (χ3v) is 3.77. The summed E-state index contributed by atoms with van der Waals surface area (Å²) in [4.78, 5) is 26.4. The van der Waals surface area contributed by atoms with Crippen LogP contribution in [0.1, 0.15) is 66.7 Å². The minimum Gasteiger partial charge on any atom is -0.443 e. The highest BCUT2D eigenvalue weighted by Gasteiger charge is 2.37. The Morgan fingerprint density at radius 2 is 1.67 bits per heavy atom. The van der Waals surface area contributed by atoms with Crippen molar-refractivity contribution in [3.8, 4) is 0 Å². The van der Waals surface area contributed by atoms with E-state index in [0.29, 0.717) is 0 Å². The van der Waals surface area contributed by atoms with Gasteiger partial charge in [0.25, 0.3) is 0 Å². The third-order valence-electron chi connectivity index (χ3n) is 3.77. The van der Waals surface area contributed by atoms with Crippen LogP contribution < -0.4 is 5.73 Å². The first-order chi connectivity index (χ1) is 9.63. The summed E-state index contributed by atoms with van der Waals surface area (Å²) in [5.74, 6) is -0.322. The van der Waals surface area contributed by atoms with Crippen molar-refractivity contribution >= 4 is 12.0 Å². The molecule has 0 spiro atoms. The number of nitrogens with zero attached hydrogens (tertiary/aromatic N) is 1. The lowest BCUT2D eigenvalue weighted by Crippen LogP contribution is -2.54. The van der Waals surface area contributed by atoms with Crippen LogP contribution in [0.3, 0.4) is 0 Å². The molecule has 0 aliphatic heterocycles. The van der Waals surface area contributed by atoms with Gasteiger partial charge in [-0.25, -0.2) is 9.69 Å². The fourth-order valence-electron chi connectivity index (χ4n) is 2.52. The lowest BCUT2D eigenvalue weighted by Gasteiger charge is -2.35.